The first kappa shape index (κ1) is 7.79. The Kier molecular flexibility index (Phi) is 3.19. The Labute approximate surface area is 67.0 Å². The number of rotatable bonds is 3. The van der Waals surface area contributed by atoms with Crippen LogP contribution < -0.4 is 5.32 Å². The molecular formula is C9H12N2. The van der Waals surface area contributed by atoms with E-state index in [0.29, 0.717) is 0 Å². The lowest BCUT2D eigenvalue weighted by Crippen LogP contribution is -2.05. The summed E-state index contributed by atoms with van der Waals surface area (Å²) in [5, 5.41) is 3.11. The predicted molar refractivity (Wildman–Crippen MR) is 45.9 cm³/mol. The van der Waals surface area contributed by atoms with Crippen LogP contribution in [0.4, 0.5) is 0 Å². The van der Waals surface area contributed by atoms with Crippen LogP contribution in [0.15, 0.2) is 36.7 Å². The van der Waals surface area contributed by atoms with Crippen molar-refractivity contribution in [1.82, 2.24) is 10.3 Å². The Morgan fingerprint density at radius 3 is 3.09 bits per heavy atom. The van der Waals surface area contributed by atoms with Crippen LogP contribution in [0, 0.1) is 0 Å². The van der Waals surface area contributed by atoms with Crippen molar-refractivity contribution in [3.05, 3.63) is 42.4 Å². The first-order valence-corrected chi connectivity index (χ1v) is 3.68. The largest absolute Gasteiger partial charge is 0.385 e. The molecule has 2 nitrogen and oxygen atoms in total. The number of nitrogens with one attached hydrogen (secondary N) is 1. The van der Waals surface area contributed by atoms with Crippen molar-refractivity contribution < 1.29 is 0 Å². The van der Waals surface area contributed by atoms with Crippen molar-refractivity contribution in [3.8, 4) is 0 Å². The summed E-state index contributed by atoms with van der Waals surface area (Å²) < 4.78 is 0. The highest BCUT2D eigenvalue weighted by molar-refractivity contribution is 5.03. The molecule has 0 saturated carbocycles. The van der Waals surface area contributed by atoms with Gasteiger partial charge in [0.15, 0.2) is 0 Å². The summed E-state index contributed by atoms with van der Waals surface area (Å²) in [6, 6.07) is 5.90. The zero-order chi connectivity index (χ0) is 7.94. The quantitative estimate of drug-likeness (QED) is 0.705. The van der Waals surface area contributed by atoms with Gasteiger partial charge >= 0.3 is 0 Å². The number of aromatic nitrogens is 1. The highest BCUT2D eigenvalue weighted by atomic mass is 14.9. The Morgan fingerprint density at radius 2 is 2.45 bits per heavy atom. The lowest BCUT2D eigenvalue weighted by atomic mass is 10.3. The van der Waals surface area contributed by atoms with Gasteiger partial charge in [0.05, 0.1) is 12.2 Å². The van der Waals surface area contributed by atoms with Crippen LogP contribution in [0.5, 0.6) is 0 Å². The topological polar surface area (TPSA) is 24.9 Å². The number of hydrogen-bond acceptors (Lipinski definition) is 2. The Bertz CT molecular complexity index is 216. The summed E-state index contributed by atoms with van der Waals surface area (Å²) in [7, 11) is 0. The third kappa shape index (κ3) is 2.85. The average molecular weight is 148 g/mol. The molecule has 1 heterocycles. The van der Waals surface area contributed by atoms with E-state index in [1.165, 1.54) is 0 Å². The van der Waals surface area contributed by atoms with E-state index in [2.05, 4.69) is 10.3 Å². The summed E-state index contributed by atoms with van der Waals surface area (Å²) in [5.74, 6) is 0. The molecule has 0 aromatic carbocycles. The maximum Gasteiger partial charge on any atom is 0.0594 e. The molecule has 58 valence electrons. The van der Waals surface area contributed by atoms with Gasteiger partial charge in [-0.15, -0.1) is 0 Å². The molecule has 1 N–H and O–H groups in total. The lowest BCUT2D eigenvalue weighted by molar-refractivity contribution is 0.835. The van der Waals surface area contributed by atoms with E-state index in [0.717, 1.165) is 12.2 Å². The van der Waals surface area contributed by atoms with Gasteiger partial charge in [-0.25, -0.2) is 0 Å². The summed E-state index contributed by atoms with van der Waals surface area (Å²) in [6.07, 6.45) is 5.67. The maximum absolute atomic E-state index is 4.15. The second kappa shape index (κ2) is 4.50. The van der Waals surface area contributed by atoms with Gasteiger partial charge < -0.3 is 5.32 Å². The molecule has 0 aliphatic carbocycles. The van der Waals surface area contributed by atoms with E-state index in [9.17, 15) is 0 Å². The van der Waals surface area contributed by atoms with Crippen molar-refractivity contribution in [2.45, 2.75) is 13.5 Å². The molecule has 11 heavy (non-hydrogen) atoms. The van der Waals surface area contributed by atoms with E-state index in [1.807, 2.05) is 37.4 Å². The van der Waals surface area contributed by atoms with Crippen molar-refractivity contribution in [1.29, 1.82) is 0 Å². The fourth-order valence-corrected chi connectivity index (χ4v) is 0.784. The van der Waals surface area contributed by atoms with Crippen LogP contribution in [0.3, 0.4) is 0 Å². The number of pyridine rings is 1. The van der Waals surface area contributed by atoms with E-state index in [4.69, 9.17) is 0 Å². The Balaban J connectivity index is 2.39. The molecule has 0 spiro atoms. The third-order valence-corrected chi connectivity index (χ3v) is 1.29. The fraction of sp³-hybridized carbons (Fsp3) is 0.222. The van der Waals surface area contributed by atoms with Gasteiger partial charge in [0.2, 0.25) is 0 Å². The van der Waals surface area contributed by atoms with E-state index < -0.39 is 0 Å². The van der Waals surface area contributed by atoms with Crippen LogP contribution >= 0.6 is 0 Å². The van der Waals surface area contributed by atoms with Crippen LogP contribution in [0.1, 0.15) is 12.6 Å². The van der Waals surface area contributed by atoms with Crippen molar-refractivity contribution in [3.63, 3.8) is 0 Å². The van der Waals surface area contributed by atoms with Gasteiger partial charge in [-0.1, -0.05) is 12.1 Å². The van der Waals surface area contributed by atoms with Crippen LogP contribution in [-0.4, -0.2) is 4.98 Å². The van der Waals surface area contributed by atoms with Gasteiger partial charge in [0.25, 0.3) is 0 Å². The Hall–Kier alpha value is -1.31. The normalized spacial score (nSPS) is 10.3. The number of hydrogen-bond donors (Lipinski definition) is 1. The molecule has 1 aromatic heterocycles. The van der Waals surface area contributed by atoms with Crippen molar-refractivity contribution in [2.75, 3.05) is 0 Å². The first-order valence-electron chi connectivity index (χ1n) is 3.68. The molecule has 0 unspecified atom stereocenters. The van der Waals surface area contributed by atoms with Crippen LogP contribution in [0.2, 0.25) is 0 Å². The molecule has 0 aliphatic heterocycles. The number of allylic oxidation sites excluding steroid dienone is 1. The highest BCUT2D eigenvalue weighted by Crippen LogP contribution is 1.91. The molecule has 0 atom stereocenters. The minimum atomic E-state index is 0.797. The van der Waals surface area contributed by atoms with Crippen LogP contribution in [0.25, 0.3) is 0 Å². The van der Waals surface area contributed by atoms with Crippen molar-refractivity contribution in [2.24, 2.45) is 0 Å². The smallest absolute Gasteiger partial charge is 0.0594 e. The van der Waals surface area contributed by atoms with Crippen molar-refractivity contribution >= 4 is 0 Å². The predicted octanol–water partition coefficient (Wildman–Crippen LogP) is 1.70. The molecule has 0 bridgehead atoms. The second-order valence-electron chi connectivity index (χ2n) is 2.20. The summed E-state index contributed by atoms with van der Waals surface area (Å²) in [6.45, 7) is 2.77. The summed E-state index contributed by atoms with van der Waals surface area (Å²) >= 11 is 0. The SMILES string of the molecule is CC=CNCc1ccccn1. The highest BCUT2D eigenvalue weighted by Gasteiger charge is 1.86. The van der Waals surface area contributed by atoms with Gasteiger partial charge in [0.1, 0.15) is 0 Å². The molecule has 0 amide bonds. The summed E-state index contributed by atoms with van der Waals surface area (Å²) in [5.41, 5.74) is 1.06. The minimum absolute atomic E-state index is 0.797. The van der Waals surface area contributed by atoms with Gasteiger partial charge in [-0.2, -0.15) is 0 Å². The van der Waals surface area contributed by atoms with Gasteiger partial charge in [-0.3, -0.25) is 4.98 Å². The average Bonchev–Trinajstić information content (AvgIpc) is 2.07. The maximum atomic E-state index is 4.15. The molecule has 0 fully saturated rings. The molecule has 1 aromatic rings. The molecule has 0 radical (unpaired) electrons. The van der Waals surface area contributed by atoms with Gasteiger partial charge in [0, 0.05) is 6.20 Å². The lowest BCUT2D eigenvalue weighted by Gasteiger charge is -1.97. The molecule has 1 rings (SSSR count). The van der Waals surface area contributed by atoms with Crippen LogP contribution in [-0.2, 0) is 6.54 Å². The fourth-order valence-electron chi connectivity index (χ4n) is 0.784. The van der Waals surface area contributed by atoms with E-state index in [1.54, 1.807) is 6.20 Å². The van der Waals surface area contributed by atoms with Gasteiger partial charge in [-0.05, 0) is 25.3 Å². The zero-order valence-corrected chi connectivity index (χ0v) is 6.62. The molecule has 2 heteroatoms. The molecule has 0 aliphatic rings. The van der Waals surface area contributed by atoms with E-state index >= 15 is 0 Å². The molecule has 0 saturated heterocycles. The number of nitrogens with zero attached hydrogens (tertiary/aromatic N) is 1. The monoisotopic (exact) mass is 148 g/mol. The third-order valence-electron chi connectivity index (χ3n) is 1.29. The zero-order valence-electron chi connectivity index (χ0n) is 6.62. The summed E-state index contributed by atoms with van der Waals surface area (Å²) in [4.78, 5) is 4.15. The Morgan fingerprint density at radius 1 is 1.55 bits per heavy atom. The van der Waals surface area contributed by atoms with E-state index in [-0.39, 0.29) is 0 Å². The molecular weight excluding hydrogens is 136 g/mol. The standard InChI is InChI=1S/C9H12N2/c1-2-6-10-8-9-5-3-4-7-11-9/h2-7,10H,8H2,1H3. The first-order chi connectivity index (χ1) is 5.43. The second-order valence-corrected chi connectivity index (χ2v) is 2.20. The minimum Gasteiger partial charge on any atom is -0.385 e.